The highest BCUT2D eigenvalue weighted by atomic mass is 15.1. The average Bonchev–Trinajstić information content (AvgIpc) is 3.45. The van der Waals surface area contributed by atoms with Crippen molar-refractivity contribution in [3.63, 3.8) is 0 Å². The van der Waals surface area contributed by atoms with Crippen LogP contribution in [-0.4, -0.2) is 0 Å². The Balaban J connectivity index is 1.21. The first-order chi connectivity index (χ1) is 24.0. The molecule has 2 aliphatic carbocycles. The van der Waals surface area contributed by atoms with Crippen LogP contribution in [-0.2, 0) is 10.8 Å². The summed E-state index contributed by atoms with van der Waals surface area (Å²) in [5, 5.41) is 0. The van der Waals surface area contributed by atoms with Gasteiger partial charge in [-0.25, -0.2) is 0 Å². The molecule has 0 radical (unpaired) electrons. The zero-order valence-electron chi connectivity index (χ0n) is 27.8. The van der Waals surface area contributed by atoms with Gasteiger partial charge in [-0.3, -0.25) is 0 Å². The normalized spacial score (nSPS) is 14.6. The Morgan fingerprint density at radius 1 is 0.347 bits per heavy atom. The van der Waals surface area contributed by atoms with Crippen molar-refractivity contribution >= 4 is 17.1 Å². The Bertz CT molecular complexity index is 2200. The summed E-state index contributed by atoms with van der Waals surface area (Å²) in [5.41, 5.74) is 15.9. The highest BCUT2D eigenvalue weighted by Crippen LogP contribution is 2.58. The molecule has 0 aliphatic heterocycles. The summed E-state index contributed by atoms with van der Waals surface area (Å²) in [6, 6.07) is 64.3. The molecule has 2 aliphatic rings. The molecule has 0 fully saturated rings. The van der Waals surface area contributed by atoms with E-state index in [-0.39, 0.29) is 10.8 Å². The van der Waals surface area contributed by atoms with Gasteiger partial charge in [-0.05, 0) is 92.0 Å². The van der Waals surface area contributed by atoms with Crippen molar-refractivity contribution in [1.29, 1.82) is 0 Å². The molecule has 7 aromatic carbocycles. The van der Waals surface area contributed by atoms with E-state index in [9.17, 15) is 0 Å². The second-order valence-corrected chi connectivity index (χ2v) is 13.8. The third-order valence-corrected chi connectivity index (χ3v) is 10.6. The largest absolute Gasteiger partial charge is 0.310 e. The fourth-order valence-electron chi connectivity index (χ4n) is 8.11. The van der Waals surface area contributed by atoms with Crippen molar-refractivity contribution < 1.29 is 0 Å². The molecule has 0 N–H and O–H groups in total. The van der Waals surface area contributed by atoms with E-state index < -0.39 is 0 Å². The monoisotopic (exact) mass is 627 g/mol. The Morgan fingerprint density at radius 2 is 0.776 bits per heavy atom. The van der Waals surface area contributed by atoms with Gasteiger partial charge < -0.3 is 4.90 Å². The second kappa shape index (κ2) is 11.4. The van der Waals surface area contributed by atoms with E-state index >= 15 is 0 Å². The molecule has 0 atom stereocenters. The number of hydrogen-bond donors (Lipinski definition) is 0. The van der Waals surface area contributed by atoms with Crippen LogP contribution >= 0.6 is 0 Å². The SMILES string of the molecule is CC1(C)C=CC2(c3ccccc3-c3ccccc32)c2ccc(N(c3ccc(-c4ccccc4)cc3)c3ccc(-c4ccccc4)cc3)cc21. The predicted molar refractivity (Wildman–Crippen MR) is 206 cm³/mol. The maximum absolute atomic E-state index is 2.47. The highest BCUT2D eigenvalue weighted by Gasteiger charge is 2.47. The van der Waals surface area contributed by atoms with E-state index in [1.165, 1.54) is 55.6 Å². The molecule has 0 amide bonds. The van der Waals surface area contributed by atoms with Gasteiger partial charge in [0.2, 0.25) is 0 Å². The molecule has 0 bridgehead atoms. The fraction of sp³-hybridized carbons (Fsp3) is 0.0833. The van der Waals surface area contributed by atoms with E-state index in [0.717, 1.165) is 17.1 Å². The van der Waals surface area contributed by atoms with Gasteiger partial charge in [0.1, 0.15) is 0 Å². The predicted octanol–water partition coefficient (Wildman–Crippen LogP) is 12.7. The standard InChI is InChI=1S/C48H37N/c1-47(2)31-32-48(43-19-11-9-17-41(43)42-18-10-12-20-44(42)48)45-30-29-40(33-46(45)47)49(38-25-21-36(22-26-38)34-13-5-3-6-14-34)39-27-23-37(24-28-39)35-15-7-4-8-16-35/h3-33H,1-2H3. The molecular formula is C48H37N. The Hall–Kier alpha value is -5.92. The number of fused-ring (bicyclic) bond motifs is 7. The van der Waals surface area contributed by atoms with E-state index in [2.05, 4.69) is 207 Å². The lowest BCUT2D eigenvalue weighted by Gasteiger charge is -2.41. The summed E-state index contributed by atoms with van der Waals surface area (Å²) in [7, 11) is 0. The van der Waals surface area contributed by atoms with Crippen molar-refractivity contribution in [2.75, 3.05) is 4.90 Å². The smallest absolute Gasteiger partial charge is 0.0647 e. The molecule has 0 unspecified atom stereocenters. The molecule has 7 aromatic rings. The van der Waals surface area contributed by atoms with E-state index in [4.69, 9.17) is 0 Å². The van der Waals surface area contributed by atoms with Gasteiger partial charge in [0.05, 0.1) is 5.41 Å². The van der Waals surface area contributed by atoms with Crippen LogP contribution in [0.2, 0.25) is 0 Å². The maximum atomic E-state index is 2.47. The second-order valence-electron chi connectivity index (χ2n) is 13.8. The summed E-state index contributed by atoms with van der Waals surface area (Å²) in [6.07, 6.45) is 4.91. The summed E-state index contributed by atoms with van der Waals surface area (Å²) in [5.74, 6) is 0. The quantitative estimate of drug-likeness (QED) is 0.172. The summed E-state index contributed by atoms with van der Waals surface area (Å²) in [6.45, 7) is 4.69. The third-order valence-electron chi connectivity index (χ3n) is 10.6. The van der Waals surface area contributed by atoms with Crippen LogP contribution in [0.15, 0.2) is 188 Å². The molecule has 9 rings (SSSR count). The molecule has 0 saturated heterocycles. The van der Waals surface area contributed by atoms with E-state index in [1.807, 2.05) is 0 Å². The lowest BCUT2D eigenvalue weighted by atomic mass is 9.62. The first-order valence-corrected chi connectivity index (χ1v) is 17.2. The Labute approximate surface area is 289 Å². The number of allylic oxidation sites excluding steroid dienone is 2. The van der Waals surface area contributed by atoms with Gasteiger partial charge in [0, 0.05) is 22.5 Å². The minimum atomic E-state index is -0.323. The van der Waals surface area contributed by atoms with E-state index in [1.54, 1.807) is 0 Å². The van der Waals surface area contributed by atoms with Gasteiger partial charge in [-0.15, -0.1) is 0 Å². The number of benzene rings is 7. The van der Waals surface area contributed by atoms with Crippen LogP contribution in [0, 0.1) is 0 Å². The van der Waals surface area contributed by atoms with Gasteiger partial charge in [0.25, 0.3) is 0 Å². The molecule has 1 spiro atoms. The van der Waals surface area contributed by atoms with Crippen LogP contribution in [0.25, 0.3) is 33.4 Å². The maximum Gasteiger partial charge on any atom is 0.0647 e. The van der Waals surface area contributed by atoms with E-state index in [0.29, 0.717) is 0 Å². The molecule has 0 aromatic heterocycles. The minimum Gasteiger partial charge on any atom is -0.310 e. The molecule has 1 nitrogen and oxygen atoms in total. The summed E-state index contributed by atoms with van der Waals surface area (Å²) in [4.78, 5) is 2.40. The first kappa shape index (κ1) is 29.2. The summed E-state index contributed by atoms with van der Waals surface area (Å²) >= 11 is 0. The zero-order valence-corrected chi connectivity index (χ0v) is 27.8. The van der Waals surface area contributed by atoms with Crippen LogP contribution < -0.4 is 4.90 Å². The van der Waals surface area contributed by atoms with Crippen molar-refractivity contribution in [3.8, 4) is 33.4 Å². The molecule has 234 valence electrons. The molecule has 0 heterocycles. The zero-order chi connectivity index (χ0) is 33.0. The molecule has 1 heteroatoms. The van der Waals surface area contributed by atoms with Crippen molar-refractivity contribution in [1.82, 2.24) is 0 Å². The van der Waals surface area contributed by atoms with Crippen LogP contribution in [0.5, 0.6) is 0 Å². The number of hydrogen-bond acceptors (Lipinski definition) is 1. The molecule has 0 saturated carbocycles. The van der Waals surface area contributed by atoms with Crippen LogP contribution in [0.3, 0.4) is 0 Å². The third kappa shape index (κ3) is 4.69. The minimum absolute atomic E-state index is 0.150. The Kier molecular flexibility index (Phi) is 6.78. The van der Waals surface area contributed by atoms with Gasteiger partial charge in [-0.2, -0.15) is 0 Å². The number of rotatable bonds is 5. The molecule has 49 heavy (non-hydrogen) atoms. The lowest BCUT2D eigenvalue weighted by molar-refractivity contribution is 0.607. The Morgan fingerprint density at radius 3 is 1.29 bits per heavy atom. The lowest BCUT2D eigenvalue weighted by Crippen LogP contribution is -2.34. The van der Waals surface area contributed by atoms with Crippen molar-refractivity contribution in [3.05, 3.63) is 210 Å². The first-order valence-electron chi connectivity index (χ1n) is 17.2. The topological polar surface area (TPSA) is 3.24 Å². The van der Waals surface area contributed by atoms with Crippen LogP contribution in [0.1, 0.15) is 36.1 Å². The highest BCUT2D eigenvalue weighted by molar-refractivity contribution is 5.87. The summed E-state index contributed by atoms with van der Waals surface area (Å²) < 4.78 is 0. The van der Waals surface area contributed by atoms with Gasteiger partial charge in [0.15, 0.2) is 0 Å². The fourth-order valence-corrected chi connectivity index (χ4v) is 8.11. The van der Waals surface area contributed by atoms with Crippen LogP contribution in [0.4, 0.5) is 17.1 Å². The van der Waals surface area contributed by atoms with Gasteiger partial charge >= 0.3 is 0 Å². The molecular weight excluding hydrogens is 591 g/mol. The number of nitrogens with zero attached hydrogens (tertiary/aromatic N) is 1. The van der Waals surface area contributed by atoms with Crippen molar-refractivity contribution in [2.45, 2.75) is 24.7 Å². The van der Waals surface area contributed by atoms with Crippen molar-refractivity contribution in [2.24, 2.45) is 0 Å². The van der Waals surface area contributed by atoms with Gasteiger partial charge in [-0.1, -0.05) is 166 Å². The number of anilines is 3. The average molecular weight is 628 g/mol.